The van der Waals surface area contributed by atoms with Gasteiger partial charge in [0, 0.05) is 47.2 Å². The number of carbonyl (C=O) groups excluding carboxylic acids is 2. The highest BCUT2D eigenvalue weighted by Gasteiger charge is 2.37. The molecule has 3 aliphatic rings. The Morgan fingerprint density at radius 1 is 0.895 bits per heavy atom. The van der Waals surface area contributed by atoms with Crippen molar-refractivity contribution in [1.29, 1.82) is 0 Å². The molecule has 1 saturated carbocycles. The minimum absolute atomic E-state index is 0.00459. The zero-order valence-corrected chi connectivity index (χ0v) is 23.4. The predicted molar refractivity (Wildman–Crippen MR) is 148 cm³/mol. The van der Waals surface area contributed by atoms with Crippen LogP contribution in [0.5, 0.6) is 0 Å². The number of benzene rings is 2. The number of hydrogen-bond donors (Lipinski definition) is 1. The largest absolute Gasteiger partial charge is 0.393 e. The van der Waals surface area contributed by atoms with Crippen LogP contribution in [0, 0.1) is 5.92 Å². The van der Waals surface area contributed by atoms with Crippen molar-refractivity contribution in [2.75, 3.05) is 31.1 Å². The molecule has 38 heavy (non-hydrogen) atoms. The van der Waals surface area contributed by atoms with Gasteiger partial charge in [0.05, 0.1) is 17.6 Å². The van der Waals surface area contributed by atoms with E-state index in [2.05, 4.69) is 0 Å². The topological polar surface area (TPSA) is 95.0 Å². The summed E-state index contributed by atoms with van der Waals surface area (Å²) < 4.78 is 23.3. The molecular weight excluding hydrogens is 547 g/mol. The van der Waals surface area contributed by atoms with E-state index in [1.54, 1.807) is 17.0 Å². The maximum Gasteiger partial charge on any atom is 0.253 e. The molecule has 204 valence electrons. The average Bonchev–Trinajstić information content (AvgIpc) is 3.26. The molecule has 5 rings (SSSR count). The fraction of sp³-hybridized carbons (Fsp3) is 0.500. The highest BCUT2D eigenvalue weighted by molar-refractivity contribution is 7.91. The summed E-state index contributed by atoms with van der Waals surface area (Å²) in [5.41, 5.74) is 2.93. The Morgan fingerprint density at radius 2 is 1.50 bits per heavy atom. The number of nitrogens with zero attached hydrogens (tertiary/aromatic N) is 2. The second kappa shape index (κ2) is 11.2. The lowest BCUT2D eigenvalue weighted by Crippen LogP contribution is -2.43. The van der Waals surface area contributed by atoms with Gasteiger partial charge in [-0.3, -0.25) is 9.59 Å². The van der Waals surface area contributed by atoms with Gasteiger partial charge < -0.3 is 14.9 Å². The predicted octanol–water partition coefficient (Wildman–Crippen LogP) is 4.23. The number of sulfone groups is 1. The maximum atomic E-state index is 13.2. The molecule has 2 aliphatic heterocycles. The number of hydrogen-bond acceptors (Lipinski definition) is 5. The van der Waals surface area contributed by atoms with Crippen molar-refractivity contribution in [2.45, 2.75) is 50.7 Å². The fourth-order valence-electron chi connectivity index (χ4n) is 5.80. The van der Waals surface area contributed by atoms with Crippen LogP contribution in [-0.4, -0.2) is 78.4 Å². The van der Waals surface area contributed by atoms with Gasteiger partial charge in [-0.2, -0.15) is 0 Å². The number of amides is 2. The number of halogens is 2. The van der Waals surface area contributed by atoms with Gasteiger partial charge in [-0.25, -0.2) is 8.42 Å². The van der Waals surface area contributed by atoms with E-state index in [-0.39, 0.29) is 54.5 Å². The second-order valence-electron chi connectivity index (χ2n) is 10.6. The molecule has 7 nitrogen and oxygen atoms in total. The standard InChI is InChI=1S/C28H32Cl2N2O5S/c29-25-16-21(18-1-3-19(4-2-18)27(34)31-11-13-38(36,37)14-12-31)17-26(30)24(25)15-20-9-10-32(28(20)35)22-5-7-23(33)8-6-22/h1-4,16-17,20,22-23,33H,5-15H2/t20-,22?,23?/m0/s1. The number of carbonyl (C=O) groups is 2. The first-order valence-electron chi connectivity index (χ1n) is 13.2. The Hall–Kier alpha value is -2.13. The first-order chi connectivity index (χ1) is 18.1. The summed E-state index contributed by atoms with van der Waals surface area (Å²) in [5, 5.41) is 10.8. The number of aliphatic hydroxyl groups is 1. The molecule has 0 radical (unpaired) electrons. The Morgan fingerprint density at radius 3 is 2.11 bits per heavy atom. The third-order valence-electron chi connectivity index (χ3n) is 8.15. The van der Waals surface area contributed by atoms with Crippen molar-refractivity contribution in [1.82, 2.24) is 9.80 Å². The van der Waals surface area contributed by atoms with Gasteiger partial charge >= 0.3 is 0 Å². The van der Waals surface area contributed by atoms with Crippen molar-refractivity contribution in [3.63, 3.8) is 0 Å². The summed E-state index contributed by atoms with van der Waals surface area (Å²) in [5.74, 6) is -0.199. The van der Waals surface area contributed by atoms with E-state index in [4.69, 9.17) is 23.2 Å². The quantitative estimate of drug-likeness (QED) is 0.573. The van der Waals surface area contributed by atoms with Crippen molar-refractivity contribution < 1.29 is 23.1 Å². The van der Waals surface area contributed by atoms with E-state index in [0.29, 0.717) is 22.0 Å². The SMILES string of the molecule is O=C(c1ccc(-c2cc(Cl)c(C[C@@H]3CCN(C4CCC(O)CC4)C3=O)c(Cl)c2)cc1)N1CCS(=O)(=O)CC1. The minimum atomic E-state index is -3.05. The third kappa shape index (κ3) is 5.88. The van der Waals surface area contributed by atoms with Gasteiger partial charge in [0.1, 0.15) is 0 Å². The summed E-state index contributed by atoms with van der Waals surface area (Å²) in [6, 6.07) is 11.0. The third-order valence-corrected chi connectivity index (χ3v) is 10.4. The molecule has 0 aromatic heterocycles. The van der Waals surface area contributed by atoms with Crippen LogP contribution < -0.4 is 0 Å². The number of likely N-dealkylation sites (tertiary alicyclic amines) is 1. The van der Waals surface area contributed by atoms with Crippen molar-refractivity contribution in [3.8, 4) is 11.1 Å². The molecule has 0 bridgehead atoms. The molecule has 2 amide bonds. The van der Waals surface area contributed by atoms with Gasteiger partial charge in [0.15, 0.2) is 9.84 Å². The normalized spacial score (nSPS) is 25.6. The van der Waals surface area contributed by atoms with Crippen molar-refractivity contribution in [2.24, 2.45) is 5.92 Å². The van der Waals surface area contributed by atoms with E-state index in [1.165, 1.54) is 0 Å². The van der Waals surface area contributed by atoms with E-state index in [9.17, 15) is 23.1 Å². The summed E-state index contributed by atoms with van der Waals surface area (Å²) in [7, 11) is -3.05. The molecule has 0 spiro atoms. The van der Waals surface area contributed by atoms with Gasteiger partial charge in [-0.05, 0) is 79.5 Å². The first-order valence-corrected chi connectivity index (χ1v) is 15.8. The van der Waals surface area contributed by atoms with Crippen LogP contribution in [0.15, 0.2) is 36.4 Å². The zero-order chi connectivity index (χ0) is 27.0. The zero-order valence-electron chi connectivity index (χ0n) is 21.1. The Balaban J connectivity index is 1.25. The Bertz CT molecular complexity index is 1290. The molecule has 3 fully saturated rings. The maximum absolute atomic E-state index is 13.2. The van der Waals surface area contributed by atoms with Gasteiger partial charge in [0.25, 0.3) is 5.91 Å². The van der Waals surface area contributed by atoms with Gasteiger partial charge in [-0.15, -0.1) is 0 Å². The molecule has 1 aliphatic carbocycles. The van der Waals surface area contributed by atoms with E-state index >= 15 is 0 Å². The van der Waals surface area contributed by atoms with E-state index in [1.807, 2.05) is 29.2 Å². The molecule has 2 heterocycles. The second-order valence-corrected chi connectivity index (χ2v) is 13.7. The molecule has 2 saturated heterocycles. The average molecular weight is 580 g/mol. The Labute approximate surface area is 233 Å². The summed E-state index contributed by atoms with van der Waals surface area (Å²) in [6.45, 7) is 1.15. The number of aliphatic hydroxyl groups excluding tert-OH is 1. The van der Waals surface area contributed by atoms with Crippen molar-refractivity contribution in [3.05, 3.63) is 57.6 Å². The smallest absolute Gasteiger partial charge is 0.253 e. The van der Waals surface area contributed by atoms with Gasteiger partial charge in [-0.1, -0.05) is 35.3 Å². The monoisotopic (exact) mass is 578 g/mol. The number of rotatable bonds is 5. The Kier molecular flexibility index (Phi) is 8.06. The lowest BCUT2D eigenvalue weighted by atomic mass is 9.92. The molecular formula is C28H32Cl2N2O5S. The first kappa shape index (κ1) is 27.4. The summed E-state index contributed by atoms with van der Waals surface area (Å²) in [4.78, 5) is 29.5. The molecule has 10 heteroatoms. The molecule has 1 atom stereocenters. The van der Waals surface area contributed by atoms with E-state index < -0.39 is 9.84 Å². The van der Waals surface area contributed by atoms with Crippen molar-refractivity contribution >= 4 is 44.9 Å². The lowest BCUT2D eigenvalue weighted by molar-refractivity contribution is -0.133. The molecule has 1 N–H and O–H groups in total. The highest BCUT2D eigenvalue weighted by Crippen LogP contribution is 2.36. The molecule has 2 aromatic carbocycles. The van der Waals surface area contributed by atoms with Crippen LogP contribution in [-0.2, 0) is 21.1 Å². The molecule has 2 aromatic rings. The van der Waals surface area contributed by atoms with Gasteiger partial charge in [0.2, 0.25) is 5.91 Å². The summed E-state index contributed by atoms with van der Waals surface area (Å²) >= 11 is 13.3. The van der Waals surface area contributed by atoms with Crippen LogP contribution in [0.1, 0.15) is 48.0 Å². The molecule has 0 unspecified atom stereocenters. The van der Waals surface area contributed by atoms with E-state index in [0.717, 1.165) is 55.3 Å². The van der Waals surface area contributed by atoms with Crippen LogP contribution in [0.3, 0.4) is 0 Å². The van der Waals surface area contributed by atoms with Crippen LogP contribution in [0.25, 0.3) is 11.1 Å². The fourth-order valence-corrected chi connectivity index (χ4v) is 7.64. The summed E-state index contributed by atoms with van der Waals surface area (Å²) in [6.07, 6.45) is 4.20. The highest BCUT2D eigenvalue weighted by atomic mass is 35.5. The lowest BCUT2D eigenvalue weighted by Gasteiger charge is -2.33. The van der Waals surface area contributed by atoms with Crippen LogP contribution in [0.2, 0.25) is 10.0 Å². The van der Waals surface area contributed by atoms with Crippen LogP contribution >= 0.6 is 23.2 Å². The van der Waals surface area contributed by atoms with Crippen LogP contribution in [0.4, 0.5) is 0 Å². The minimum Gasteiger partial charge on any atom is -0.393 e.